The third-order valence-corrected chi connectivity index (χ3v) is 7.04. The van der Waals surface area contributed by atoms with E-state index < -0.39 is 10.0 Å². The molecular weight excluding hydrogens is 426 g/mol. The maximum Gasteiger partial charge on any atom is 0.242 e. The van der Waals surface area contributed by atoms with Crippen molar-refractivity contribution in [2.24, 2.45) is 0 Å². The van der Waals surface area contributed by atoms with Gasteiger partial charge in [0.2, 0.25) is 15.2 Å². The van der Waals surface area contributed by atoms with Crippen LogP contribution in [0.4, 0.5) is 0 Å². The van der Waals surface area contributed by atoms with Crippen LogP contribution in [0, 0.1) is 6.92 Å². The highest BCUT2D eigenvalue weighted by Crippen LogP contribution is 2.27. The molecule has 9 nitrogen and oxygen atoms in total. The number of carbonyl (C=O) groups excluding carboxylic acids is 1. The summed E-state index contributed by atoms with van der Waals surface area (Å²) in [5.74, 6) is 0.534. The molecule has 0 atom stereocenters. The van der Waals surface area contributed by atoms with Gasteiger partial charge in [0, 0.05) is 19.7 Å². The van der Waals surface area contributed by atoms with Crippen LogP contribution in [0.15, 0.2) is 52.5 Å². The van der Waals surface area contributed by atoms with E-state index in [4.69, 9.17) is 4.74 Å². The molecule has 1 heterocycles. The van der Waals surface area contributed by atoms with Gasteiger partial charge < -0.3 is 4.74 Å². The van der Waals surface area contributed by atoms with Crippen LogP contribution >= 0.6 is 11.8 Å². The molecule has 0 saturated heterocycles. The van der Waals surface area contributed by atoms with Gasteiger partial charge in [0.05, 0.1) is 17.8 Å². The average Bonchev–Trinajstić information content (AvgIpc) is 3.20. The summed E-state index contributed by atoms with van der Waals surface area (Å²) in [4.78, 5) is 12.7. The first-order valence-corrected chi connectivity index (χ1v) is 11.3. The lowest BCUT2D eigenvalue weighted by atomic mass is 10.1. The number of tetrazole rings is 1. The molecule has 0 radical (unpaired) electrons. The zero-order valence-electron chi connectivity index (χ0n) is 16.9. The Labute approximate surface area is 179 Å². The minimum absolute atomic E-state index is 0.0915. The molecule has 0 aliphatic carbocycles. The van der Waals surface area contributed by atoms with Gasteiger partial charge in [0.25, 0.3) is 0 Å². The third-order valence-electron chi connectivity index (χ3n) is 4.29. The second kappa shape index (κ2) is 8.94. The number of methoxy groups -OCH3 is 1. The summed E-state index contributed by atoms with van der Waals surface area (Å²) in [6.07, 6.45) is 0. The molecule has 0 saturated carbocycles. The van der Waals surface area contributed by atoms with Gasteiger partial charge in [-0.05, 0) is 47.2 Å². The minimum atomic E-state index is -3.54. The standard InChI is InChI=1S/C19H21N5O4S2/c1-13-5-10-18(28-4)16(11-13)24-19(20-21-22-24)29-12-17(25)14-6-8-15(9-7-14)30(26,27)23(2)3/h5-11H,12H2,1-4H3. The molecule has 158 valence electrons. The number of Topliss-reactive ketones (excluding diaryl/α,β-unsaturated/α-hetero) is 1. The Morgan fingerprint density at radius 2 is 1.87 bits per heavy atom. The summed E-state index contributed by atoms with van der Waals surface area (Å²) in [5, 5.41) is 12.2. The Morgan fingerprint density at radius 1 is 1.17 bits per heavy atom. The van der Waals surface area contributed by atoms with E-state index in [-0.39, 0.29) is 16.4 Å². The fourth-order valence-corrected chi connectivity index (χ4v) is 4.30. The van der Waals surface area contributed by atoms with Crippen molar-refractivity contribution in [2.45, 2.75) is 17.0 Å². The molecule has 0 fully saturated rings. The molecule has 3 rings (SSSR count). The number of hydrogen-bond acceptors (Lipinski definition) is 8. The van der Waals surface area contributed by atoms with Crippen LogP contribution in [0.3, 0.4) is 0 Å². The second-order valence-corrected chi connectivity index (χ2v) is 9.67. The van der Waals surface area contributed by atoms with Crippen molar-refractivity contribution >= 4 is 27.6 Å². The quantitative estimate of drug-likeness (QED) is 0.382. The van der Waals surface area contributed by atoms with Gasteiger partial charge in [-0.15, -0.1) is 5.10 Å². The van der Waals surface area contributed by atoms with Crippen molar-refractivity contribution < 1.29 is 17.9 Å². The predicted octanol–water partition coefficient (Wildman–Crippen LogP) is 2.20. The van der Waals surface area contributed by atoms with Crippen molar-refractivity contribution in [1.29, 1.82) is 0 Å². The van der Waals surface area contributed by atoms with Crippen LogP contribution in [0.25, 0.3) is 5.69 Å². The molecule has 0 aliphatic heterocycles. The lowest BCUT2D eigenvalue weighted by Crippen LogP contribution is -2.22. The Hall–Kier alpha value is -2.76. The van der Waals surface area contributed by atoms with Crippen molar-refractivity contribution in [3.05, 3.63) is 53.6 Å². The summed E-state index contributed by atoms with van der Waals surface area (Å²) in [5.41, 5.74) is 2.10. The number of thioether (sulfide) groups is 1. The fourth-order valence-electron chi connectivity index (χ4n) is 2.62. The molecule has 0 spiro atoms. The van der Waals surface area contributed by atoms with E-state index in [1.54, 1.807) is 7.11 Å². The summed E-state index contributed by atoms with van der Waals surface area (Å²) >= 11 is 1.19. The van der Waals surface area contributed by atoms with Crippen LogP contribution in [-0.2, 0) is 10.0 Å². The van der Waals surface area contributed by atoms with Crippen LogP contribution in [0.1, 0.15) is 15.9 Å². The van der Waals surface area contributed by atoms with Crippen LogP contribution in [0.5, 0.6) is 5.75 Å². The molecule has 0 unspecified atom stereocenters. The normalized spacial score (nSPS) is 11.6. The summed E-state index contributed by atoms with van der Waals surface area (Å²) in [6.45, 7) is 1.95. The van der Waals surface area contributed by atoms with Crippen molar-refractivity contribution in [2.75, 3.05) is 27.0 Å². The molecule has 11 heteroatoms. The predicted molar refractivity (Wildman–Crippen MR) is 113 cm³/mol. The monoisotopic (exact) mass is 447 g/mol. The van der Waals surface area contributed by atoms with Crippen molar-refractivity contribution in [3.63, 3.8) is 0 Å². The summed E-state index contributed by atoms with van der Waals surface area (Å²) in [6, 6.07) is 11.5. The number of carbonyl (C=O) groups is 1. The van der Waals surface area contributed by atoms with Crippen LogP contribution in [0.2, 0.25) is 0 Å². The summed E-state index contributed by atoms with van der Waals surface area (Å²) < 4.78 is 32.3. The second-order valence-electron chi connectivity index (χ2n) is 6.57. The molecule has 30 heavy (non-hydrogen) atoms. The van der Waals surface area contributed by atoms with Gasteiger partial charge in [-0.3, -0.25) is 4.79 Å². The molecule has 0 N–H and O–H groups in total. The smallest absolute Gasteiger partial charge is 0.242 e. The lowest BCUT2D eigenvalue weighted by molar-refractivity contribution is 0.102. The van der Waals surface area contributed by atoms with Gasteiger partial charge in [-0.25, -0.2) is 12.7 Å². The van der Waals surface area contributed by atoms with Gasteiger partial charge in [-0.2, -0.15) is 4.68 Å². The molecular formula is C19H21N5O4S2. The SMILES string of the molecule is COc1ccc(C)cc1-n1nnnc1SCC(=O)c1ccc(S(=O)(=O)N(C)C)cc1. The highest BCUT2D eigenvalue weighted by Gasteiger charge is 2.19. The molecule has 0 amide bonds. The Morgan fingerprint density at radius 3 is 2.50 bits per heavy atom. The maximum absolute atomic E-state index is 12.6. The fraction of sp³-hybridized carbons (Fsp3) is 0.263. The van der Waals surface area contributed by atoms with E-state index in [2.05, 4.69) is 15.5 Å². The number of ketones is 1. The van der Waals surface area contributed by atoms with Gasteiger partial charge in [0.15, 0.2) is 5.78 Å². The number of hydrogen-bond donors (Lipinski definition) is 0. The zero-order chi connectivity index (χ0) is 21.9. The molecule has 1 aromatic heterocycles. The Balaban J connectivity index is 1.76. The number of benzene rings is 2. The van der Waals surface area contributed by atoms with Crippen molar-refractivity contribution in [1.82, 2.24) is 24.5 Å². The van der Waals surface area contributed by atoms with Gasteiger partial charge in [0.1, 0.15) is 11.4 Å². The van der Waals surface area contributed by atoms with E-state index >= 15 is 0 Å². The highest BCUT2D eigenvalue weighted by atomic mass is 32.2. The van der Waals surface area contributed by atoms with Gasteiger partial charge in [-0.1, -0.05) is 30.0 Å². The lowest BCUT2D eigenvalue weighted by Gasteiger charge is -2.11. The molecule has 2 aromatic carbocycles. The van der Waals surface area contributed by atoms with E-state index in [1.165, 1.54) is 54.8 Å². The third kappa shape index (κ3) is 4.53. The molecule has 3 aromatic rings. The van der Waals surface area contributed by atoms with E-state index in [1.807, 2.05) is 25.1 Å². The first-order chi connectivity index (χ1) is 14.2. The number of nitrogens with zero attached hydrogens (tertiary/aromatic N) is 5. The zero-order valence-corrected chi connectivity index (χ0v) is 18.6. The largest absolute Gasteiger partial charge is 0.494 e. The first-order valence-electron chi connectivity index (χ1n) is 8.86. The maximum atomic E-state index is 12.6. The first kappa shape index (κ1) is 21.9. The number of rotatable bonds is 8. The Bertz CT molecular complexity index is 1160. The van der Waals surface area contributed by atoms with Crippen LogP contribution in [-0.4, -0.2) is 65.7 Å². The number of aromatic nitrogens is 4. The summed E-state index contributed by atoms with van der Waals surface area (Å²) in [7, 11) is 0.940. The number of ether oxygens (including phenoxy) is 1. The topological polar surface area (TPSA) is 107 Å². The number of aryl methyl sites for hydroxylation is 1. The van der Waals surface area contributed by atoms with Crippen molar-refractivity contribution in [3.8, 4) is 11.4 Å². The highest BCUT2D eigenvalue weighted by molar-refractivity contribution is 7.99. The molecule has 0 bridgehead atoms. The molecule has 0 aliphatic rings. The van der Waals surface area contributed by atoms with E-state index in [9.17, 15) is 13.2 Å². The van der Waals surface area contributed by atoms with Crippen LogP contribution < -0.4 is 4.74 Å². The average molecular weight is 448 g/mol. The van der Waals surface area contributed by atoms with E-state index in [0.717, 1.165) is 9.87 Å². The Kier molecular flexibility index (Phi) is 6.54. The number of sulfonamides is 1. The minimum Gasteiger partial charge on any atom is -0.494 e. The van der Waals surface area contributed by atoms with E-state index in [0.29, 0.717) is 22.2 Å². The van der Waals surface area contributed by atoms with Gasteiger partial charge >= 0.3 is 0 Å².